The molecule has 0 amide bonds. The molecule has 0 radical (unpaired) electrons. The van der Waals surface area contributed by atoms with E-state index < -0.39 is 0 Å². The minimum absolute atomic E-state index is 0.131. The normalized spacial score (nSPS) is 20.2. The largest absolute Gasteiger partial charge is 0.392 e. The van der Waals surface area contributed by atoms with Crippen LogP contribution in [0.4, 0.5) is 10.1 Å². The summed E-state index contributed by atoms with van der Waals surface area (Å²) < 4.78 is 19.1. The fourth-order valence-corrected chi connectivity index (χ4v) is 2.45. The highest BCUT2D eigenvalue weighted by Crippen LogP contribution is 2.23. The predicted molar refractivity (Wildman–Crippen MR) is 69.2 cm³/mol. The summed E-state index contributed by atoms with van der Waals surface area (Å²) in [5.41, 5.74) is 1.45. The summed E-state index contributed by atoms with van der Waals surface area (Å²) >= 11 is 0. The van der Waals surface area contributed by atoms with Crippen LogP contribution in [-0.4, -0.2) is 30.9 Å². The quantitative estimate of drug-likeness (QED) is 0.894. The molecular weight excluding hydrogens is 233 g/mol. The van der Waals surface area contributed by atoms with E-state index in [-0.39, 0.29) is 18.5 Å². The zero-order valence-corrected chi connectivity index (χ0v) is 10.7. The van der Waals surface area contributed by atoms with Crippen molar-refractivity contribution in [1.29, 1.82) is 0 Å². The summed E-state index contributed by atoms with van der Waals surface area (Å²) in [5.74, 6) is -0.296. The van der Waals surface area contributed by atoms with E-state index in [2.05, 4.69) is 4.90 Å². The summed E-state index contributed by atoms with van der Waals surface area (Å²) in [6, 6.07) is 4.73. The number of benzene rings is 1. The van der Waals surface area contributed by atoms with Gasteiger partial charge in [0.15, 0.2) is 0 Å². The zero-order valence-electron chi connectivity index (χ0n) is 10.7. The molecule has 2 rings (SSSR count). The van der Waals surface area contributed by atoms with Gasteiger partial charge in [-0.15, -0.1) is 0 Å². The topological polar surface area (TPSA) is 32.7 Å². The number of hydrogen-bond donors (Lipinski definition) is 1. The van der Waals surface area contributed by atoms with E-state index in [4.69, 9.17) is 9.84 Å². The molecule has 1 unspecified atom stereocenters. The highest BCUT2D eigenvalue weighted by atomic mass is 19.1. The molecule has 1 aliphatic heterocycles. The second-order valence-corrected chi connectivity index (χ2v) is 4.64. The van der Waals surface area contributed by atoms with Crippen LogP contribution in [0.3, 0.4) is 0 Å². The molecule has 1 saturated heterocycles. The number of anilines is 1. The van der Waals surface area contributed by atoms with Crippen LogP contribution >= 0.6 is 0 Å². The van der Waals surface area contributed by atoms with E-state index >= 15 is 0 Å². The highest BCUT2D eigenvalue weighted by Gasteiger charge is 2.20. The van der Waals surface area contributed by atoms with Crippen LogP contribution in [0.25, 0.3) is 0 Å². The molecule has 1 aromatic carbocycles. The highest BCUT2D eigenvalue weighted by molar-refractivity contribution is 5.49. The second-order valence-electron chi connectivity index (χ2n) is 4.64. The summed E-state index contributed by atoms with van der Waals surface area (Å²) in [6.45, 7) is 4.28. The Balaban J connectivity index is 2.12. The molecular formula is C14H20FNO2. The minimum atomic E-state index is -0.296. The number of hydrogen-bond acceptors (Lipinski definition) is 3. The number of ether oxygens (including phenoxy) is 1. The number of nitrogens with zero attached hydrogens (tertiary/aromatic N) is 1. The van der Waals surface area contributed by atoms with Crippen molar-refractivity contribution in [2.75, 3.05) is 24.6 Å². The molecule has 0 aliphatic carbocycles. The van der Waals surface area contributed by atoms with Crippen LogP contribution in [0.15, 0.2) is 18.2 Å². The Morgan fingerprint density at radius 1 is 1.44 bits per heavy atom. The first-order valence-electron chi connectivity index (χ1n) is 6.49. The van der Waals surface area contributed by atoms with Crippen molar-refractivity contribution < 1.29 is 14.2 Å². The van der Waals surface area contributed by atoms with Crippen molar-refractivity contribution in [3.05, 3.63) is 29.6 Å². The van der Waals surface area contributed by atoms with Crippen molar-refractivity contribution in [3.8, 4) is 0 Å². The maximum absolute atomic E-state index is 13.4. The van der Waals surface area contributed by atoms with E-state index in [0.29, 0.717) is 12.2 Å². The van der Waals surface area contributed by atoms with Gasteiger partial charge in [-0.3, -0.25) is 0 Å². The molecule has 1 heterocycles. The molecule has 1 atom stereocenters. The van der Waals surface area contributed by atoms with E-state index in [9.17, 15) is 4.39 Å². The first-order valence-corrected chi connectivity index (χ1v) is 6.49. The Labute approximate surface area is 107 Å². The zero-order chi connectivity index (χ0) is 13.0. The van der Waals surface area contributed by atoms with Crippen LogP contribution < -0.4 is 4.90 Å². The molecule has 3 nitrogen and oxygen atoms in total. The van der Waals surface area contributed by atoms with Crippen LogP contribution in [0.5, 0.6) is 0 Å². The lowest BCUT2D eigenvalue weighted by Gasteiger charge is -2.34. The van der Waals surface area contributed by atoms with Gasteiger partial charge >= 0.3 is 0 Å². The number of aliphatic hydroxyl groups is 1. The lowest BCUT2D eigenvalue weighted by atomic mass is 10.1. The molecule has 100 valence electrons. The van der Waals surface area contributed by atoms with Gasteiger partial charge in [-0.2, -0.15) is 0 Å². The van der Waals surface area contributed by atoms with Gasteiger partial charge in [-0.05, 0) is 43.5 Å². The van der Waals surface area contributed by atoms with Gasteiger partial charge in [0.05, 0.1) is 12.7 Å². The molecule has 4 heteroatoms. The van der Waals surface area contributed by atoms with Gasteiger partial charge in [0, 0.05) is 25.4 Å². The van der Waals surface area contributed by atoms with Gasteiger partial charge in [0.1, 0.15) is 5.82 Å². The van der Waals surface area contributed by atoms with Crippen LogP contribution in [0, 0.1) is 5.82 Å². The molecule has 1 N–H and O–H groups in total. The number of rotatable bonds is 4. The van der Waals surface area contributed by atoms with Gasteiger partial charge in [0.2, 0.25) is 0 Å². The Bertz CT molecular complexity index is 395. The molecule has 1 aliphatic rings. The smallest absolute Gasteiger partial charge is 0.125 e. The first kappa shape index (κ1) is 13.3. The van der Waals surface area contributed by atoms with Gasteiger partial charge < -0.3 is 14.7 Å². The average molecular weight is 253 g/mol. The second kappa shape index (κ2) is 6.16. The van der Waals surface area contributed by atoms with E-state index in [1.807, 2.05) is 13.0 Å². The summed E-state index contributed by atoms with van der Waals surface area (Å²) in [6.07, 6.45) is 2.34. The van der Waals surface area contributed by atoms with E-state index in [1.54, 1.807) is 0 Å². The van der Waals surface area contributed by atoms with Crippen LogP contribution in [0.1, 0.15) is 25.3 Å². The van der Waals surface area contributed by atoms with E-state index in [0.717, 1.165) is 31.6 Å². The maximum Gasteiger partial charge on any atom is 0.125 e. The predicted octanol–water partition coefficient (Wildman–Crippen LogP) is 2.32. The third kappa shape index (κ3) is 3.21. The first-order chi connectivity index (χ1) is 8.72. The van der Waals surface area contributed by atoms with Gasteiger partial charge in [-0.25, -0.2) is 4.39 Å². The summed E-state index contributed by atoms with van der Waals surface area (Å²) in [4.78, 5) is 2.13. The fourth-order valence-electron chi connectivity index (χ4n) is 2.45. The van der Waals surface area contributed by atoms with Crippen molar-refractivity contribution in [3.63, 3.8) is 0 Å². The number of piperidine rings is 1. The van der Waals surface area contributed by atoms with Crippen molar-refractivity contribution in [1.82, 2.24) is 0 Å². The SMILES string of the molecule is CCOC1CCCN(c2cc(F)cc(CO)c2)C1. The third-order valence-electron chi connectivity index (χ3n) is 3.27. The minimum Gasteiger partial charge on any atom is -0.392 e. The Morgan fingerprint density at radius 3 is 3.00 bits per heavy atom. The summed E-state index contributed by atoms with van der Waals surface area (Å²) in [7, 11) is 0. The third-order valence-corrected chi connectivity index (χ3v) is 3.27. The van der Waals surface area contributed by atoms with E-state index in [1.165, 1.54) is 12.1 Å². The molecule has 1 fully saturated rings. The molecule has 0 bridgehead atoms. The Morgan fingerprint density at radius 2 is 2.28 bits per heavy atom. The lowest BCUT2D eigenvalue weighted by Crippen LogP contribution is -2.39. The van der Waals surface area contributed by atoms with Crippen molar-refractivity contribution in [2.45, 2.75) is 32.5 Å². The maximum atomic E-state index is 13.4. The summed E-state index contributed by atoms with van der Waals surface area (Å²) in [5, 5.41) is 9.11. The molecule has 18 heavy (non-hydrogen) atoms. The van der Waals surface area contributed by atoms with Gasteiger partial charge in [-0.1, -0.05) is 0 Å². The lowest BCUT2D eigenvalue weighted by molar-refractivity contribution is 0.0526. The molecule has 1 aromatic rings. The van der Waals surface area contributed by atoms with Crippen molar-refractivity contribution >= 4 is 5.69 Å². The van der Waals surface area contributed by atoms with Crippen LogP contribution in [0.2, 0.25) is 0 Å². The Kier molecular flexibility index (Phi) is 4.55. The Hall–Kier alpha value is -1.13. The number of halogens is 1. The molecule has 0 saturated carbocycles. The average Bonchev–Trinajstić information content (AvgIpc) is 2.39. The monoisotopic (exact) mass is 253 g/mol. The van der Waals surface area contributed by atoms with Crippen molar-refractivity contribution in [2.24, 2.45) is 0 Å². The van der Waals surface area contributed by atoms with Crippen LogP contribution in [-0.2, 0) is 11.3 Å². The molecule has 0 aromatic heterocycles. The van der Waals surface area contributed by atoms with Gasteiger partial charge in [0.25, 0.3) is 0 Å². The number of aliphatic hydroxyl groups excluding tert-OH is 1. The molecule has 0 spiro atoms. The fraction of sp³-hybridized carbons (Fsp3) is 0.571. The standard InChI is InChI=1S/C14H20FNO2/c1-2-18-14-4-3-5-16(9-14)13-7-11(10-17)6-12(15)8-13/h6-8,14,17H,2-5,9-10H2,1H3.